The van der Waals surface area contributed by atoms with Crippen molar-refractivity contribution in [2.24, 2.45) is 0 Å². The highest BCUT2D eigenvalue weighted by Gasteiger charge is 2.54. The number of hydrogen-bond acceptors (Lipinski definition) is 2. The molecule has 0 unspecified atom stereocenters. The van der Waals surface area contributed by atoms with Gasteiger partial charge in [0.25, 0.3) is 0 Å². The molecule has 17 heavy (non-hydrogen) atoms. The van der Waals surface area contributed by atoms with Crippen molar-refractivity contribution in [3.05, 3.63) is 0 Å². The van der Waals surface area contributed by atoms with Crippen molar-refractivity contribution in [3.63, 3.8) is 0 Å². The molecular weight excluding hydrogens is 225 g/mol. The first-order valence-electron chi connectivity index (χ1n) is 6.36. The molecule has 0 atom stereocenters. The maximum atomic E-state index is 13.1. The summed E-state index contributed by atoms with van der Waals surface area (Å²) in [6.07, 6.45) is 0.900. The van der Waals surface area contributed by atoms with E-state index in [9.17, 15) is 8.78 Å². The van der Waals surface area contributed by atoms with Crippen LogP contribution in [0.15, 0.2) is 0 Å². The van der Waals surface area contributed by atoms with Crippen LogP contribution in [0.4, 0.5) is 8.78 Å². The maximum Gasteiger partial charge on any atom is 0.461 e. The summed E-state index contributed by atoms with van der Waals surface area (Å²) in [6.45, 7) is 7.96. The van der Waals surface area contributed by atoms with Gasteiger partial charge in [0.2, 0.25) is 5.92 Å². The minimum atomic E-state index is -2.49. The molecule has 1 heterocycles. The van der Waals surface area contributed by atoms with Gasteiger partial charge < -0.3 is 9.31 Å². The number of rotatable bonds is 1. The summed E-state index contributed by atoms with van der Waals surface area (Å²) in [5.74, 6) is -2.38. The quantitative estimate of drug-likeness (QED) is 0.657. The lowest BCUT2D eigenvalue weighted by atomic mass is 9.64. The van der Waals surface area contributed by atoms with Crippen LogP contribution in [0.2, 0.25) is 5.82 Å². The third-order valence-corrected chi connectivity index (χ3v) is 4.42. The van der Waals surface area contributed by atoms with Crippen molar-refractivity contribution >= 4 is 7.12 Å². The Hall–Kier alpha value is -0.155. The normalized spacial score (nSPS) is 31.8. The smallest absolute Gasteiger partial charge is 0.403 e. The average Bonchev–Trinajstić information content (AvgIpc) is 2.35. The van der Waals surface area contributed by atoms with Gasteiger partial charge in [-0.25, -0.2) is 8.78 Å². The standard InChI is InChI=1S/C12H21BF2O2/c1-10(2)11(3,4)17-13(16-10)9-5-7-12(14,15)8-6-9/h9H,5-8H2,1-4H3. The largest absolute Gasteiger partial charge is 0.461 e. The minimum absolute atomic E-state index is 0.0399. The van der Waals surface area contributed by atoms with Gasteiger partial charge in [0.05, 0.1) is 11.2 Å². The number of alkyl halides is 2. The van der Waals surface area contributed by atoms with Crippen LogP contribution < -0.4 is 0 Å². The Morgan fingerprint density at radius 3 is 1.76 bits per heavy atom. The minimum Gasteiger partial charge on any atom is -0.403 e. The molecule has 0 aromatic carbocycles. The maximum absolute atomic E-state index is 13.1. The van der Waals surface area contributed by atoms with Crippen molar-refractivity contribution in [1.29, 1.82) is 0 Å². The molecule has 0 aromatic heterocycles. The molecule has 1 saturated heterocycles. The van der Waals surface area contributed by atoms with Gasteiger partial charge in [0, 0.05) is 12.8 Å². The molecule has 1 saturated carbocycles. The van der Waals surface area contributed by atoms with Gasteiger partial charge in [-0.2, -0.15) is 0 Å². The summed E-state index contributed by atoms with van der Waals surface area (Å²) in [4.78, 5) is 0. The lowest BCUT2D eigenvalue weighted by Crippen LogP contribution is -2.41. The van der Waals surface area contributed by atoms with Crippen LogP contribution in [0.25, 0.3) is 0 Å². The van der Waals surface area contributed by atoms with E-state index >= 15 is 0 Å². The van der Waals surface area contributed by atoms with Crippen molar-refractivity contribution in [2.75, 3.05) is 0 Å². The highest BCUT2D eigenvalue weighted by atomic mass is 19.3. The molecule has 2 nitrogen and oxygen atoms in total. The average molecular weight is 246 g/mol. The zero-order valence-corrected chi connectivity index (χ0v) is 11.1. The Bertz CT molecular complexity index is 279. The van der Waals surface area contributed by atoms with Crippen LogP contribution in [-0.4, -0.2) is 24.2 Å². The van der Waals surface area contributed by atoms with E-state index in [2.05, 4.69) is 0 Å². The van der Waals surface area contributed by atoms with E-state index in [-0.39, 0.29) is 37.0 Å². The first-order valence-corrected chi connectivity index (χ1v) is 6.36. The van der Waals surface area contributed by atoms with E-state index in [1.54, 1.807) is 0 Å². The fourth-order valence-corrected chi connectivity index (χ4v) is 2.42. The zero-order chi connectivity index (χ0) is 12.9. The molecule has 2 rings (SSSR count). The molecule has 5 heteroatoms. The molecule has 0 aromatic rings. The van der Waals surface area contributed by atoms with E-state index in [0.29, 0.717) is 12.8 Å². The molecule has 98 valence electrons. The van der Waals surface area contributed by atoms with Crippen LogP contribution in [-0.2, 0) is 9.31 Å². The van der Waals surface area contributed by atoms with Crippen molar-refractivity contribution in [1.82, 2.24) is 0 Å². The second kappa shape index (κ2) is 3.92. The molecule has 0 amide bonds. The summed E-state index contributed by atoms with van der Waals surface area (Å²) >= 11 is 0. The molecule has 2 fully saturated rings. The molecule has 0 bridgehead atoms. The Morgan fingerprint density at radius 1 is 0.941 bits per heavy atom. The Labute approximate surface area is 102 Å². The first kappa shape index (κ1) is 13.3. The van der Waals surface area contributed by atoms with Gasteiger partial charge in [0.1, 0.15) is 0 Å². The Balaban J connectivity index is 1.98. The number of hydrogen-bond donors (Lipinski definition) is 0. The van der Waals surface area contributed by atoms with E-state index < -0.39 is 5.92 Å². The fraction of sp³-hybridized carbons (Fsp3) is 1.00. The predicted molar refractivity (Wildman–Crippen MR) is 63.2 cm³/mol. The summed E-state index contributed by atoms with van der Waals surface area (Å²) in [5.41, 5.74) is -0.727. The fourth-order valence-electron chi connectivity index (χ4n) is 2.42. The molecule has 1 aliphatic heterocycles. The summed E-state index contributed by atoms with van der Waals surface area (Å²) in [7, 11) is -0.323. The Kier molecular flexibility index (Phi) is 3.06. The van der Waals surface area contributed by atoms with Crippen LogP contribution in [0, 0.1) is 0 Å². The van der Waals surface area contributed by atoms with Crippen molar-refractivity contribution in [3.8, 4) is 0 Å². The summed E-state index contributed by atoms with van der Waals surface area (Å²) < 4.78 is 38.0. The molecule has 2 aliphatic rings. The Morgan fingerprint density at radius 2 is 1.35 bits per heavy atom. The predicted octanol–water partition coefficient (Wildman–Crippen LogP) is 3.66. The van der Waals surface area contributed by atoms with E-state index in [1.807, 2.05) is 27.7 Å². The molecule has 0 radical (unpaired) electrons. The van der Waals surface area contributed by atoms with Crippen molar-refractivity contribution in [2.45, 2.75) is 76.3 Å². The van der Waals surface area contributed by atoms with E-state index in [1.165, 1.54) is 0 Å². The van der Waals surface area contributed by atoms with Crippen LogP contribution in [0.3, 0.4) is 0 Å². The zero-order valence-electron chi connectivity index (χ0n) is 11.1. The summed E-state index contributed by atoms with van der Waals surface area (Å²) in [6, 6.07) is 0. The second-order valence-electron chi connectivity index (χ2n) is 6.32. The van der Waals surface area contributed by atoms with E-state index in [4.69, 9.17) is 9.31 Å². The van der Waals surface area contributed by atoms with Crippen LogP contribution in [0.5, 0.6) is 0 Å². The molecular formula is C12H21BF2O2. The lowest BCUT2D eigenvalue weighted by molar-refractivity contribution is -0.0356. The SMILES string of the molecule is CC1(C)OB(C2CCC(F)(F)CC2)OC1(C)C. The topological polar surface area (TPSA) is 18.5 Å². The van der Waals surface area contributed by atoms with Gasteiger partial charge >= 0.3 is 7.12 Å². The van der Waals surface area contributed by atoms with Crippen molar-refractivity contribution < 1.29 is 18.1 Å². The highest BCUT2D eigenvalue weighted by Crippen LogP contribution is 2.46. The lowest BCUT2D eigenvalue weighted by Gasteiger charge is -2.32. The third kappa shape index (κ3) is 2.50. The molecule has 0 N–H and O–H groups in total. The second-order valence-corrected chi connectivity index (χ2v) is 6.32. The highest BCUT2D eigenvalue weighted by molar-refractivity contribution is 6.47. The third-order valence-electron chi connectivity index (χ3n) is 4.42. The van der Waals surface area contributed by atoms with E-state index in [0.717, 1.165) is 0 Å². The van der Waals surface area contributed by atoms with Gasteiger partial charge in [0.15, 0.2) is 0 Å². The number of halogens is 2. The van der Waals surface area contributed by atoms with Gasteiger partial charge in [-0.05, 0) is 46.4 Å². The first-order chi connectivity index (χ1) is 7.63. The summed E-state index contributed by atoms with van der Waals surface area (Å²) in [5, 5.41) is 0. The van der Waals surface area contributed by atoms with Crippen LogP contribution in [0.1, 0.15) is 53.4 Å². The molecule has 1 aliphatic carbocycles. The monoisotopic (exact) mass is 246 g/mol. The van der Waals surface area contributed by atoms with Gasteiger partial charge in [-0.15, -0.1) is 0 Å². The van der Waals surface area contributed by atoms with Crippen LogP contribution >= 0.6 is 0 Å². The molecule has 0 spiro atoms. The van der Waals surface area contributed by atoms with Gasteiger partial charge in [-0.1, -0.05) is 0 Å². The van der Waals surface area contributed by atoms with Gasteiger partial charge in [-0.3, -0.25) is 0 Å².